The normalized spacial score (nSPS) is 12.4. The average molecular weight is 354 g/mol. The maximum Gasteiger partial charge on any atom is 0.573 e. The summed E-state index contributed by atoms with van der Waals surface area (Å²) in [6.45, 7) is 0. The molecule has 0 aromatic heterocycles. The van der Waals surface area contributed by atoms with Gasteiger partial charge in [-0.15, -0.1) is 13.2 Å². The molecule has 19 heavy (non-hydrogen) atoms. The van der Waals surface area contributed by atoms with E-state index in [0.717, 1.165) is 0 Å². The van der Waals surface area contributed by atoms with Gasteiger partial charge in [-0.3, -0.25) is 10.1 Å². The van der Waals surface area contributed by atoms with Crippen molar-refractivity contribution in [3.63, 3.8) is 0 Å². The molecule has 0 aliphatic carbocycles. The van der Waals surface area contributed by atoms with Gasteiger partial charge < -0.3 is 4.74 Å². The Hall–Kier alpha value is -1.52. The van der Waals surface area contributed by atoms with Gasteiger partial charge in [0.15, 0.2) is 11.3 Å². The molecule has 0 radical (unpaired) electrons. The van der Waals surface area contributed by atoms with E-state index in [4.69, 9.17) is 0 Å². The summed E-state index contributed by atoms with van der Waals surface area (Å²) in [5.41, 5.74) is -3.64. The molecular weight excluding hydrogens is 352 g/mol. The molecule has 0 spiro atoms. The van der Waals surface area contributed by atoms with Crippen molar-refractivity contribution in [3.05, 3.63) is 32.3 Å². The highest BCUT2D eigenvalue weighted by atomic mass is 79.9. The first-order valence-corrected chi connectivity index (χ1v) is 5.02. The minimum absolute atomic E-state index is 0.427. The minimum Gasteiger partial charge on any atom is -0.404 e. The number of benzene rings is 1. The second kappa shape index (κ2) is 4.87. The van der Waals surface area contributed by atoms with Crippen LogP contribution in [0.25, 0.3) is 0 Å². The lowest BCUT2D eigenvalue weighted by atomic mass is 10.1. The van der Waals surface area contributed by atoms with Crippen LogP contribution >= 0.6 is 15.9 Å². The average Bonchev–Trinajstić information content (AvgIpc) is 2.16. The summed E-state index contributed by atoms with van der Waals surface area (Å²) >= 11 is 2.43. The first kappa shape index (κ1) is 15.5. The molecule has 4 nitrogen and oxygen atoms in total. The maximum atomic E-state index is 12.7. The minimum atomic E-state index is -5.42. The zero-order valence-corrected chi connectivity index (χ0v) is 10.1. The number of hydrogen-bond donors (Lipinski definition) is 0. The highest BCUT2D eigenvalue weighted by Crippen LogP contribution is 2.47. The van der Waals surface area contributed by atoms with Crippen LogP contribution in [0.1, 0.15) is 5.56 Å². The molecule has 0 aliphatic rings. The molecule has 1 aromatic rings. The van der Waals surface area contributed by atoms with Crippen molar-refractivity contribution in [2.75, 3.05) is 0 Å². The standard InChI is InChI=1S/C8H2BrF6NO3/c9-3-1-2-4(16(17)18)5(7(10,11)12)6(3)19-8(13,14)15/h1-2H. The smallest absolute Gasteiger partial charge is 0.404 e. The van der Waals surface area contributed by atoms with Crippen LogP contribution in [-0.2, 0) is 6.18 Å². The first-order chi connectivity index (χ1) is 8.43. The molecule has 106 valence electrons. The summed E-state index contributed by atoms with van der Waals surface area (Å²) in [6, 6.07) is 1.09. The zero-order valence-electron chi connectivity index (χ0n) is 8.47. The summed E-state index contributed by atoms with van der Waals surface area (Å²) < 4.78 is 76.6. The Balaban J connectivity index is 3.59. The Morgan fingerprint density at radius 1 is 1.16 bits per heavy atom. The third-order valence-corrected chi connectivity index (χ3v) is 2.41. The van der Waals surface area contributed by atoms with Gasteiger partial charge in [0.05, 0.1) is 9.40 Å². The van der Waals surface area contributed by atoms with Crippen molar-refractivity contribution >= 4 is 21.6 Å². The summed E-state index contributed by atoms with van der Waals surface area (Å²) in [4.78, 5) is 9.01. The fourth-order valence-electron chi connectivity index (χ4n) is 1.19. The third-order valence-electron chi connectivity index (χ3n) is 1.79. The van der Waals surface area contributed by atoms with Gasteiger partial charge in [0.1, 0.15) is 0 Å². The van der Waals surface area contributed by atoms with Crippen molar-refractivity contribution < 1.29 is 36.0 Å². The van der Waals surface area contributed by atoms with Crippen LogP contribution in [-0.4, -0.2) is 11.3 Å². The van der Waals surface area contributed by atoms with E-state index in [9.17, 15) is 36.5 Å². The SMILES string of the molecule is O=[N+]([O-])c1ccc(Br)c(OC(F)(F)F)c1C(F)(F)F. The lowest BCUT2D eigenvalue weighted by Crippen LogP contribution is -2.21. The van der Waals surface area contributed by atoms with Crippen molar-refractivity contribution in [1.82, 2.24) is 0 Å². The Bertz CT molecular complexity index is 512. The molecule has 0 unspecified atom stereocenters. The van der Waals surface area contributed by atoms with E-state index in [-0.39, 0.29) is 0 Å². The molecule has 1 rings (SSSR count). The van der Waals surface area contributed by atoms with Crippen molar-refractivity contribution in [1.29, 1.82) is 0 Å². The Kier molecular flexibility index (Phi) is 3.98. The van der Waals surface area contributed by atoms with Gasteiger partial charge >= 0.3 is 12.5 Å². The summed E-state index contributed by atoms with van der Waals surface area (Å²) in [5, 5.41) is 10.5. The van der Waals surface area contributed by atoms with Gasteiger partial charge in [-0.1, -0.05) is 0 Å². The van der Waals surface area contributed by atoms with Crippen LogP contribution in [0.2, 0.25) is 0 Å². The molecule has 0 saturated heterocycles. The van der Waals surface area contributed by atoms with Crippen molar-refractivity contribution in [2.45, 2.75) is 12.5 Å². The predicted molar refractivity (Wildman–Crippen MR) is 52.5 cm³/mol. The summed E-state index contributed by atoms with van der Waals surface area (Å²) in [6.07, 6.45) is -10.8. The van der Waals surface area contributed by atoms with Gasteiger partial charge in [-0.2, -0.15) is 13.2 Å². The number of nitro benzene ring substituents is 1. The van der Waals surface area contributed by atoms with Crippen LogP contribution in [0.4, 0.5) is 32.0 Å². The zero-order chi connectivity index (χ0) is 15.0. The molecule has 0 atom stereocenters. The molecule has 11 heteroatoms. The fraction of sp³-hybridized carbons (Fsp3) is 0.250. The van der Waals surface area contributed by atoms with E-state index in [2.05, 4.69) is 20.7 Å². The van der Waals surface area contributed by atoms with Crippen LogP contribution in [0, 0.1) is 10.1 Å². The molecule has 0 aliphatic heterocycles. The van der Waals surface area contributed by atoms with E-state index in [0.29, 0.717) is 12.1 Å². The van der Waals surface area contributed by atoms with Crippen LogP contribution < -0.4 is 4.74 Å². The second-order valence-electron chi connectivity index (χ2n) is 3.07. The molecule has 0 heterocycles. The Morgan fingerprint density at radius 3 is 2.05 bits per heavy atom. The number of nitro groups is 1. The molecule has 0 amide bonds. The van der Waals surface area contributed by atoms with Gasteiger partial charge in [-0.25, -0.2) is 0 Å². The molecule has 1 aromatic carbocycles. The van der Waals surface area contributed by atoms with Crippen LogP contribution in [0.3, 0.4) is 0 Å². The lowest BCUT2D eigenvalue weighted by Gasteiger charge is -2.16. The number of rotatable bonds is 2. The predicted octanol–water partition coefficient (Wildman–Crippen LogP) is 4.27. The number of nitrogens with zero attached hydrogens (tertiary/aromatic N) is 1. The van der Waals surface area contributed by atoms with Gasteiger partial charge in [-0.05, 0) is 22.0 Å². The third kappa shape index (κ3) is 3.72. The summed E-state index contributed by atoms with van der Waals surface area (Å²) in [7, 11) is 0. The lowest BCUT2D eigenvalue weighted by molar-refractivity contribution is -0.388. The van der Waals surface area contributed by atoms with Crippen molar-refractivity contribution in [3.8, 4) is 5.75 Å². The van der Waals surface area contributed by atoms with E-state index in [1.54, 1.807) is 0 Å². The largest absolute Gasteiger partial charge is 0.573 e. The van der Waals surface area contributed by atoms with E-state index in [1.807, 2.05) is 0 Å². The second-order valence-corrected chi connectivity index (χ2v) is 3.93. The van der Waals surface area contributed by atoms with Gasteiger partial charge in [0, 0.05) is 6.07 Å². The number of alkyl halides is 6. The van der Waals surface area contributed by atoms with Crippen LogP contribution in [0.5, 0.6) is 5.75 Å². The molecule has 0 saturated carbocycles. The number of ether oxygens (including phenoxy) is 1. The van der Waals surface area contributed by atoms with E-state index >= 15 is 0 Å². The van der Waals surface area contributed by atoms with Crippen molar-refractivity contribution in [2.24, 2.45) is 0 Å². The summed E-state index contributed by atoms with van der Waals surface area (Å²) in [5.74, 6) is -1.70. The number of halogens is 7. The van der Waals surface area contributed by atoms with Gasteiger partial charge in [0.25, 0.3) is 5.69 Å². The van der Waals surface area contributed by atoms with Crippen LogP contribution in [0.15, 0.2) is 16.6 Å². The van der Waals surface area contributed by atoms with E-state index in [1.165, 1.54) is 0 Å². The Labute approximate surface area is 109 Å². The highest BCUT2D eigenvalue weighted by Gasteiger charge is 2.46. The highest BCUT2D eigenvalue weighted by molar-refractivity contribution is 9.10. The van der Waals surface area contributed by atoms with Gasteiger partial charge in [0.2, 0.25) is 0 Å². The molecule has 0 fully saturated rings. The number of hydrogen-bond acceptors (Lipinski definition) is 3. The molecular formula is C8H2BrF6NO3. The van der Waals surface area contributed by atoms with E-state index < -0.39 is 38.9 Å². The fourth-order valence-corrected chi connectivity index (χ4v) is 1.60. The topological polar surface area (TPSA) is 52.4 Å². The maximum absolute atomic E-state index is 12.7. The molecule has 0 bridgehead atoms. The Morgan fingerprint density at radius 2 is 1.68 bits per heavy atom. The first-order valence-electron chi connectivity index (χ1n) is 4.23. The monoisotopic (exact) mass is 353 g/mol. The molecule has 0 N–H and O–H groups in total. The quantitative estimate of drug-likeness (QED) is 0.453.